The van der Waals surface area contributed by atoms with Crippen LogP contribution in [0.4, 0.5) is 0 Å². The summed E-state index contributed by atoms with van der Waals surface area (Å²) in [5.41, 5.74) is 0. The molecule has 0 bridgehead atoms. The van der Waals surface area contributed by atoms with Crippen molar-refractivity contribution in [2.24, 2.45) is 0 Å². The number of aliphatic hydroxyl groups is 5. The molecule has 2 fully saturated rings. The molecule has 0 aliphatic carbocycles. The van der Waals surface area contributed by atoms with E-state index in [0.717, 1.165) is 32.1 Å². The number of nitrogens with one attached hydrogen (secondary N) is 1. The molecule has 0 aromatic carbocycles. The van der Waals surface area contributed by atoms with Gasteiger partial charge in [-0.1, -0.05) is 39.0 Å². The van der Waals surface area contributed by atoms with Gasteiger partial charge in [0.1, 0.15) is 36.6 Å². The summed E-state index contributed by atoms with van der Waals surface area (Å²) in [6.45, 7) is 5.21. The number of ether oxygens (including phenoxy) is 4. The highest BCUT2D eigenvalue weighted by atomic mass is 16.8. The Bertz CT molecular complexity index is 610. The van der Waals surface area contributed by atoms with Crippen molar-refractivity contribution in [1.29, 1.82) is 0 Å². The molecule has 0 saturated carbocycles. The molecule has 200 valence electrons. The van der Waals surface area contributed by atoms with E-state index in [-0.39, 0.29) is 12.3 Å². The maximum Gasteiger partial charge on any atom is 0.222 e. The molecule has 2 saturated heterocycles. The van der Waals surface area contributed by atoms with Crippen LogP contribution in [-0.2, 0) is 23.7 Å². The number of rotatable bonds is 12. The Morgan fingerprint density at radius 3 is 2.06 bits per heavy atom. The number of hydrogen-bond donors (Lipinski definition) is 6. The Hall–Kier alpha value is -0.890. The standard InChI is InChI=1S/C23H43NO10/c1-5-6-7-8-9-10-14(11-15(25)24-4)33-23-21(19(29)17(27)13(3)32-23)34-22-20(30)18(28)16(26)12(2)31-22/h12-14,16-23,26-30H,5-11H2,1-4H3,(H,24,25)/t12-,13-,14?,16+,17-,18-,19+,20-,21+,22+,23-/m0/s1. The molecule has 11 atom stereocenters. The van der Waals surface area contributed by atoms with Gasteiger partial charge in [-0.15, -0.1) is 0 Å². The molecule has 0 aromatic heterocycles. The summed E-state index contributed by atoms with van der Waals surface area (Å²) in [4.78, 5) is 12.1. The van der Waals surface area contributed by atoms with E-state index in [2.05, 4.69) is 12.2 Å². The van der Waals surface area contributed by atoms with Crippen LogP contribution in [0.25, 0.3) is 0 Å². The summed E-state index contributed by atoms with van der Waals surface area (Å²) in [6, 6.07) is 0. The molecule has 2 aliphatic rings. The molecular formula is C23H43NO10. The zero-order valence-electron chi connectivity index (χ0n) is 20.6. The molecule has 34 heavy (non-hydrogen) atoms. The van der Waals surface area contributed by atoms with E-state index in [4.69, 9.17) is 18.9 Å². The zero-order chi connectivity index (χ0) is 25.4. The number of carbonyl (C=O) groups excluding carboxylic acids is 1. The van der Waals surface area contributed by atoms with Crippen LogP contribution in [0.1, 0.15) is 65.7 Å². The van der Waals surface area contributed by atoms with E-state index < -0.39 is 67.5 Å². The lowest BCUT2D eigenvalue weighted by Crippen LogP contribution is -2.63. The third-order valence-corrected chi connectivity index (χ3v) is 6.53. The molecule has 11 heteroatoms. The van der Waals surface area contributed by atoms with Gasteiger partial charge in [0.2, 0.25) is 5.91 Å². The van der Waals surface area contributed by atoms with Crippen molar-refractivity contribution in [3.63, 3.8) is 0 Å². The van der Waals surface area contributed by atoms with Crippen LogP contribution < -0.4 is 5.32 Å². The van der Waals surface area contributed by atoms with Gasteiger partial charge in [0.25, 0.3) is 0 Å². The van der Waals surface area contributed by atoms with Gasteiger partial charge in [-0.25, -0.2) is 0 Å². The van der Waals surface area contributed by atoms with Crippen molar-refractivity contribution in [3.05, 3.63) is 0 Å². The summed E-state index contributed by atoms with van der Waals surface area (Å²) in [7, 11) is 1.54. The lowest BCUT2D eigenvalue weighted by atomic mass is 9.97. The predicted molar refractivity (Wildman–Crippen MR) is 121 cm³/mol. The van der Waals surface area contributed by atoms with Gasteiger partial charge in [0, 0.05) is 7.05 Å². The van der Waals surface area contributed by atoms with Crippen LogP contribution in [0.2, 0.25) is 0 Å². The smallest absolute Gasteiger partial charge is 0.222 e. The van der Waals surface area contributed by atoms with E-state index in [9.17, 15) is 30.3 Å². The lowest BCUT2D eigenvalue weighted by Gasteiger charge is -2.46. The number of carbonyl (C=O) groups is 1. The zero-order valence-corrected chi connectivity index (χ0v) is 20.6. The van der Waals surface area contributed by atoms with Crippen molar-refractivity contribution in [3.8, 4) is 0 Å². The number of aliphatic hydroxyl groups excluding tert-OH is 5. The number of amides is 1. The Labute approximate surface area is 201 Å². The molecule has 6 N–H and O–H groups in total. The first-order valence-electron chi connectivity index (χ1n) is 12.3. The van der Waals surface area contributed by atoms with E-state index in [1.807, 2.05) is 0 Å². The Morgan fingerprint density at radius 2 is 1.44 bits per heavy atom. The van der Waals surface area contributed by atoms with E-state index in [1.54, 1.807) is 6.92 Å². The number of unbranched alkanes of at least 4 members (excludes halogenated alkanes) is 4. The fourth-order valence-corrected chi connectivity index (χ4v) is 4.23. The third kappa shape index (κ3) is 7.81. The van der Waals surface area contributed by atoms with Crippen molar-refractivity contribution in [2.45, 2.75) is 133 Å². The second-order valence-electron chi connectivity index (χ2n) is 9.31. The highest BCUT2D eigenvalue weighted by Crippen LogP contribution is 2.31. The van der Waals surface area contributed by atoms with Crippen LogP contribution >= 0.6 is 0 Å². The normalized spacial score (nSPS) is 39.6. The summed E-state index contributed by atoms with van der Waals surface area (Å²) in [5.74, 6) is -0.211. The van der Waals surface area contributed by atoms with Gasteiger partial charge in [-0.3, -0.25) is 4.79 Å². The molecule has 1 amide bonds. The summed E-state index contributed by atoms with van der Waals surface area (Å²) in [6.07, 6.45) is -7.40. The van der Waals surface area contributed by atoms with Crippen LogP contribution in [-0.4, -0.2) is 106 Å². The number of hydrogen-bond acceptors (Lipinski definition) is 10. The molecule has 0 aromatic rings. The third-order valence-electron chi connectivity index (χ3n) is 6.53. The molecule has 2 aliphatic heterocycles. The van der Waals surface area contributed by atoms with Gasteiger partial charge < -0.3 is 49.8 Å². The molecule has 0 radical (unpaired) electrons. The van der Waals surface area contributed by atoms with Crippen molar-refractivity contribution >= 4 is 5.91 Å². The van der Waals surface area contributed by atoms with Gasteiger partial charge >= 0.3 is 0 Å². The molecule has 1 unspecified atom stereocenters. The fraction of sp³-hybridized carbons (Fsp3) is 0.957. The highest BCUT2D eigenvalue weighted by molar-refractivity contribution is 5.76. The van der Waals surface area contributed by atoms with Crippen LogP contribution in [0.5, 0.6) is 0 Å². The Morgan fingerprint density at radius 1 is 0.853 bits per heavy atom. The minimum atomic E-state index is -1.60. The first kappa shape index (κ1) is 29.3. The first-order chi connectivity index (χ1) is 16.1. The summed E-state index contributed by atoms with van der Waals surface area (Å²) < 4.78 is 23.1. The van der Waals surface area contributed by atoms with E-state index >= 15 is 0 Å². The van der Waals surface area contributed by atoms with Crippen molar-refractivity contribution < 1.29 is 49.3 Å². The van der Waals surface area contributed by atoms with E-state index in [0.29, 0.717) is 6.42 Å². The van der Waals surface area contributed by atoms with E-state index in [1.165, 1.54) is 14.0 Å². The maximum absolute atomic E-state index is 12.1. The van der Waals surface area contributed by atoms with Gasteiger partial charge in [-0.2, -0.15) is 0 Å². The predicted octanol–water partition coefficient (Wildman–Crippen LogP) is -0.452. The minimum absolute atomic E-state index is 0.0778. The largest absolute Gasteiger partial charge is 0.388 e. The molecule has 2 rings (SSSR count). The van der Waals surface area contributed by atoms with Gasteiger partial charge in [-0.05, 0) is 20.3 Å². The minimum Gasteiger partial charge on any atom is -0.388 e. The van der Waals surface area contributed by atoms with Crippen LogP contribution in [0.3, 0.4) is 0 Å². The highest BCUT2D eigenvalue weighted by Gasteiger charge is 2.50. The summed E-state index contributed by atoms with van der Waals surface area (Å²) in [5, 5.41) is 54.0. The first-order valence-corrected chi connectivity index (χ1v) is 12.3. The average Bonchev–Trinajstić information content (AvgIpc) is 2.81. The SMILES string of the molecule is CCCCCCCC(CC(=O)NC)O[C@@H]1O[C@@H](C)[C@H](O)[C@@H](O)[C@H]1O[C@H]1O[C@@H](C)[C@@H](O)[C@H](O)[C@@H]1O. The molecule has 2 heterocycles. The second-order valence-corrected chi connectivity index (χ2v) is 9.31. The quantitative estimate of drug-likeness (QED) is 0.196. The Balaban J connectivity index is 2.13. The fourth-order valence-electron chi connectivity index (χ4n) is 4.23. The lowest BCUT2D eigenvalue weighted by molar-refractivity contribution is -0.366. The average molecular weight is 494 g/mol. The topological polar surface area (TPSA) is 167 Å². The molecule has 0 spiro atoms. The van der Waals surface area contributed by atoms with Gasteiger partial charge in [0.05, 0.1) is 24.7 Å². The van der Waals surface area contributed by atoms with Gasteiger partial charge in [0.15, 0.2) is 12.6 Å². The molecule has 11 nitrogen and oxygen atoms in total. The Kier molecular flexibility index (Phi) is 12.1. The van der Waals surface area contributed by atoms with Crippen molar-refractivity contribution in [1.82, 2.24) is 5.32 Å². The van der Waals surface area contributed by atoms with Crippen molar-refractivity contribution in [2.75, 3.05) is 7.05 Å². The maximum atomic E-state index is 12.1. The van der Waals surface area contributed by atoms with Crippen LogP contribution in [0, 0.1) is 0 Å². The monoisotopic (exact) mass is 493 g/mol. The van der Waals surface area contributed by atoms with Crippen LogP contribution in [0.15, 0.2) is 0 Å². The summed E-state index contributed by atoms with van der Waals surface area (Å²) >= 11 is 0. The second kappa shape index (κ2) is 14.0. The molecular weight excluding hydrogens is 450 g/mol.